The number of methoxy groups -OCH3 is 1. The van der Waals surface area contributed by atoms with Crippen molar-refractivity contribution in [3.63, 3.8) is 0 Å². The molecule has 1 amide bonds. The Morgan fingerprint density at radius 1 is 1.23 bits per heavy atom. The molecule has 1 aliphatic heterocycles. The minimum atomic E-state index is -0.0159. The van der Waals surface area contributed by atoms with Crippen LogP contribution in [0.3, 0.4) is 0 Å². The molecule has 3 rings (SSSR count). The van der Waals surface area contributed by atoms with Crippen LogP contribution < -0.4 is 4.74 Å². The smallest absolute Gasteiger partial charge is 0.257 e. The summed E-state index contributed by atoms with van der Waals surface area (Å²) in [5, 5.41) is 0.544. The molecule has 22 heavy (non-hydrogen) atoms. The minimum Gasteiger partial charge on any atom is -0.496 e. The van der Waals surface area contributed by atoms with Crippen molar-refractivity contribution < 1.29 is 9.53 Å². The van der Waals surface area contributed by atoms with Crippen molar-refractivity contribution >= 4 is 17.5 Å². The summed E-state index contributed by atoms with van der Waals surface area (Å²) in [6.45, 7) is 1.49. The van der Waals surface area contributed by atoms with Crippen LogP contribution in [0.25, 0.3) is 0 Å². The number of benzene rings is 2. The first-order valence-corrected chi connectivity index (χ1v) is 7.74. The number of carbonyl (C=O) groups excluding carboxylic acids is 1. The zero-order valence-electron chi connectivity index (χ0n) is 12.5. The van der Waals surface area contributed by atoms with Gasteiger partial charge in [-0.05, 0) is 30.2 Å². The average molecular weight is 316 g/mol. The molecule has 4 heteroatoms. The number of carbonyl (C=O) groups is 1. The topological polar surface area (TPSA) is 29.5 Å². The molecule has 2 aromatic rings. The minimum absolute atomic E-state index is 0.0159. The van der Waals surface area contributed by atoms with Crippen molar-refractivity contribution in [3.05, 3.63) is 64.7 Å². The van der Waals surface area contributed by atoms with Gasteiger partial charge in [0.1, 0.15) is 5.75 Å². The van der Waals surface area contributed by atoms with Gasteiger partial charge in [0.25, 0.3) is 5.91 Å². The van der Waals surface area contributed by atoms with Crippen LogP contribution >= 0.6 is 11.6 Å². The molecule has 0 unspecified atom stereocenters. The summed E-state index contributed by atoms with van der Waals surface area (Å²) in [4.78, 5) is 14.6. The highest BCUT2D eigenvalue weighted by atomic mass is 35.5. The van der Waals surface area contributed by atoms with Crippen molar-refractivity contribution in [2.75, 3.05) is 20.2 Å². The van der Waals surface area contributed by atoms with Gasteiger partial charge in [0, 0.05) is 24.0 Å². The third-order valence-corrected chi connectivity index (χ3v) is 4.37. The summed E-state index contributed by atoms with van der Waals surface area (Å²) < 4.78 is 5.29. The van der Waals surface area contributed by atoms with E-state index in [1.807, 2.05) is 23.1 Å². The van der Waals surface area contributed by atoms with Crippen molar-refractivity contribution in [2.45, 2.75) is 12.3 Å². The predicted molar refractivity (Wildman–Crippen MR) is 87.7 cm³/mol. The zero-order valence-corrected chi connectivity index (χ0v) is 13.2. The van der Waals surface area contributed by atoms with Gasteiger partial charge in [-0.1, -0.05) is 41.9 Å². The lowest BCUT2D eigenvalue weighted by Crippen LogP contribution is -2.28. The maximum Gasteiger partial charge on any atom is 0.257 e. The SMILES string of the molecule is COc1ccc(Cl)cc1C(=O)N1CC[C@@H](c2ccccc2)C1. The average Bonchev–Trinajstić information content (AvgIpc) is 3.05. The highest BCUT2D eigenvalue weighted by Crippen LogP contribution is 2.30. The van der Waals surface area contributed by atoms with E-state index in [2.05, 4.69) is 12.1 Å². The first kappa shape index (κ1) is 14.9. The van der Waals surface area contributed by atoms with Gasteiger partial charge in [-0.25, -0.2) is 0 Å². The van der Waals surface area contributed by atoms with Gasteiger partial charge in [-0.15, -0.1) is 0 Å². The lowest BCUT2D eigenvalue weighted by molar-refractivity contribution is 0.0787. The van der Waals surface area contributed by atoms with Crippen molar-refractivity contribution in [2.24, 2.45) is 0 Å². The molecule has 1 fully saturated rings. The van der Waals surface area contributed by atoms with E-state index in [0.29, 0.717) is 22.3 Å². The first-order valence-electron chi connectivity index (χ1n) is 7.37. The maximum absolute atomic E-state index is 12.7. The second-order valence-electron chi connectivity index (χ2n) is 5.49. The van der Waals surface area contributed by atoms with Gasteiger partial charge in [0.15, 0.2) is 0 Å². The van der Waals surface area contributed by atoms with E-state index in [-0.39, 0.29) is 5.91 Å². The third kappa shape index (κ3) is 2.95. The van der Waals surface area contributed by atoms with E-state index >= 15 is 0 Å². The normalized spacial score (nSPS) is 17.5. The van der Waals surface area contributed by atoms with Crippen LogP contribution in [0, 0.1) is 0 Å². The summed E-state index contributed by atoms with van der Waals surface area (Å²) in [6.07, 6.45) is 0.985. The molecule has 0 bridgehead atoms. The monoisotopic (exact) mass is 315 g/mol. The van der Waals surface area contributed by atoms with Gasteiger partial charge in [-0.2, -0.15) is 0 Å². The lowest BCUT2D eigenvalue weighted by Gasteiger charge is -2.18. The Balaban J connectivity index is 1.78. The molecule has 1 atom stereocenters. The van der Waals surface area contributed by atoms with Crippen molar-refractivity contribution in [1.82, 2.24) is 4.90 Å². The van der Waals surface area contributed by atoms with Crippen LogP contribution in [0.2, 0.25) is 5.02 Å². The molecule has 0 spiro atoms. The number of amides is 1. The van der Waals surface area contributed by atoms with E-state index in [9.17, 15) is 4.79 Å². The molecule has 0 aliphatic carbocycles. The molecule has 114 valence electrons. The zero-order chi connectivity index (χ0) is 15.5. The Morgan fingerprint density at radius 3 is 2.73 bits per heavy atom. The van der Waals surface area contributed by atoms with E-state index < -0.39 is 0 Å². The van der Waals surface area contributed by atoms with E-state index in [1.54, 1.807) is 25.3 Å². The lowest BCUT2D eigenvalue weighted by atomic mass is 9.99. The van der Waals surface area contributed by atoms with Crippen LogP contribution in [-0.4, -0.2) is 31.0 Å². The first-order chi connectivity index (χ1) is 10.7. The summed E-state index contributed by atoms with van der Waals surface area (Å²) in [5.41, 5.74) is 1.82. The highest BCUT2D eigenvalue weighted by molar-refractivity contribution is 6.31. The predicted octanol–water partition coefficient (Wildman–Crippen LogP) is 3.98. The number of ether oxygens (including phenoxy) is 1. The molecule has 1 aliphatic rings. The van der Waals surface area contributed by atoms with Gasteiger partial charge in [-0.3, -0.25) is 4.79 Å². The number of hydrogen-bond donors (Lipinski definition) is 0. The van der Waals surface area contributed by atoms with Crippen LogP contribution in [0.15, 0.2) is 48.5 Å². The number of halogens is 1. The summed E-state index contributed by atoms with van der Waals surface area (Å²) in [7, 11) is 1.57. The molecule has 0 saturated carbocycles. The number of hydrogen-bond acceptors (Lipinski definition) is 2. The fourth-order valence-electron chi connectivity index (χ4n) is 2.96. The van der Waals surface area contributed by atoms with Crippen LogP contribution in [0.4, 0.5) is 0 Å². The Morgan fingerprint density at radius 2 is 2.00 bits per heavy atom. The van der Waals surface area contributed by atoms with Crippen molar-refractivity contribution in [3.8, 4) is 5.75 Å². The van der Waals surface area contributed by atoms with E-state index in [4.69, 9.17) is 16.3 Å². The molecular weight excluding hydrogens is 298 g/mol. The Bertz CT molecular complexity index is 672. The Labute approximate surface area is 135 Å². The largest absolute Gasteiger partial charge is 0.496 e. The molecule has 0 radical (unpaired) electrons. The Hall–Kier alpha value is -2.00. The molecule has 1 heterocycles. The fraction of sp³-hybridized carbons (Fsp3) is 0.278. The molecule has 0 N–H and O–H groups in total. The van der Waals surface area contributed by atoms with Gasteiger partial charge >= 0.3 is 0 Å². The van der Waals surface area contributed by atoms with Crippen LogP contribution in [-0.2, 0) is 0 Å². The summed E-state index contributed by atoms with van der Waals surface area (Å²) >= 11 is 6.02. The standard InChI is InChI=1S/C18H18ClNO2/c1-22-17-8-7-15(19)11-16(17)18(21)20-10-9-14(12-20)13-5-3-2-4-6-13/h2-8,11,14H,9-10,12H2,1H3/t14-/m1/s1. The molecule has 1 saturated heterocycles. The highest BCUT2D eigenvalue weighted by Gasteiger charge is 2.29. The van der Waals surface area contributed by atoms with E-state index in [1.165, 1.54) is 5.56 Å². The van der Waals surface area contributed by atoms with Crippen LogP contribution in [0.5, 0.6) is 5.75 Å². The summed E-state index contributed by atoms with van der Waals surface area (Å²) in [6, 6.07) is 15.5. The molecular formula is C18H18ClNO2. The second-order valence-corrected chi connectivity index (χ2v) is 5.93. The Kier molecular flexibility index (Phi) is 4.34. The van der Waals surface area contributed by atoms with Gasteiger partial charge in [0.2, 0.25) is 0 Å². The maximum atomic E-state index is 12.7. The van der Waals surface area contributed by atoms with E-state index in [0.717, 1.165) is 19.5 Å². The number of likely N-dealkylation sites (tertiary alicyclic amines) is 1. The molecule has 2 aromatic carbocycles. The quantitative estimate of drug-likeness (QED) is 0.857. The van der Waals surface area contributed by atoms with Crippen LogP contribution in [0.1, 0.15) is 28.3 Å². The third-order valence-electron chi connectivity index (χ3n) is 4.14. The second kappa shape index (κ2) is 6.41. The number of rotatable bonds is 3. The summed E-state index contributed by atoms with van der Waals surface area (Å²) in [5.74, 6) is 0.950. The van der Waals surface area contributed by atoms with Crippen molar-refractivity contribution in [1.29, 1.82) is 0 Å². The number of nitrogens with zero attached hydrogens (tertiary/aromatic N) is 1. The molecule has 3 nitrogen and oxygen atoms in total. The van der Waals surface area contributed by atoms with Gasteiger partial charge < -0.3 is 9.64 Å². The van der Waals surface area contributed by atoms with Gasteiger partial charge in [0.05, 0.1) is 12.7 Å². The fourth-order valence-corrected chi connectivity index (χ4v) is 3.13. The molecule has 0 aromatic heterocycles.